The molecule has 0 aliphatic carbocycles. The minimum absolute atomic E-state index is 0.127. The van der Waals surface area contributed by atoms with E-state index in [1.807, 2.05) is 0 Å². The Balaban J connectivity index is 1.99. The molecule has 2 aromatic rings. The molecule has 2 heterocycles. The molecule has 0 aromatic carbocycles. The summed E-state index contributed by atoms with van der Waals surface area (Å²) < 4.78 is 42.3. The van der Waals surface area contributed by atoms with Crippen LogP contribution in [0, 0.1) is 0 Å². The van der Waals surface area contributed by atoms with Crippen LogP contribution in [0.5, 0.6) is 5.88 Å². The van der Waals surface area contributed by atoms with E-state index in [0.29, 0.717) is 11.3 Å². The second-order valence-electron chi connectivity index (χ2n) is 4.05. The van der Waals surface area contributed by atoms with E-state index in [4.69, 9.17) is 4.74 Å². The summed E-state index contributed by atoms with van der Waals surface area (Å²) in [6.07, 6.45) is -2.16. The van der Waals surface area contributed by atoms with Crippen LogP contribution in [0.2, 0.25) is 0 Å². The molecule has 0 aliphatic rings. The Morgan fingerprint density at radius 3 is 2.95 bits per heavy atom. The minimum atomic E-state index is -4.37. The number of carbonyl (C=O) groups is 1. The molecule has 1 amide bonds. The summed E-state index contributed by atoms with van der Waals surface area (Å²) in [6, 6.07) is 1.39. The van der Waals surface area contributed by atoms with Crippen LogP contribution in [-0.4, -0.2) is 38.7 Å². The largest absolute Gasteiger partial charge is 0.477 e. The SMILES string of the molecule is CCOc1cc(C(=O)Nc2cnn(CC(F)(F)F)c2)[nH]n1. The van der Waals surface area contributed by atoms with Crippen molar-refractivity contribution in [2.45, 2.75) is 19.6 Å². The Morgan fingerprint density at radius 1 is 1.52 bits per heavy atom. The number of aromatic amines is 1. The van der Waals surface area contributed by atoms with Crippen molar-refractivity contribution in [2.24, 2.45) is 0 Å². The van der Waals surface area contributed by atoms with E-state index in [9.17, 15) is 18.0 Å². The highest BCUT2D eigenvalue weighted by atomic mass is 19.4. The average Bonchev–Trinajstić information content (AvgIpc) is 2.97. The van der Waals surface area contributed by atoms with Crippen LogP contribution in [0.4, 0.5) is 18.9 Å². The highest BCUT2D eigenvalue weighted by molar-refractivity contribution is 6.02. The molecule has 0 atom stereocenters. The minimum Gasteiger partial charge on any atom is -0.477 e. The van der Waals surface area contributed by atoms with E-state index in [1.54, 1.807) is 6.92 Å². The summed E-state index contributed by atoms with van der Waals surface area (Å²) in [7, 11) is 0. The number of amides is 1. The van der Waals surface area contributed by atoms with Gasteiger partial charge in [0.25, 0.3) is 5.91 Å². The topological polar surface area (TPSA) is 84.8 Å². The molecule has 114 valence electrons. The molecule has 0 radical (unpaired) electrons. The fourth-order valence-electron chi connectivity index (χ4n) is 1.54. The van der Waals surface area contributed by atoms with Gasteiger partial charge < -0.3 is 10.1 Å². The number of anilines is 1. The maximum absolute atomic E-state index is 12.2. The van der Waals surface area contributed by atoms with Gasteiger partial charge in [0, 0.05) is 12.3 Å². The zero-order chi connectivity index (χ0) is 15.5. The number of hydrogen-bond acceptors (Lipinski definition) is 4. The van der Waals surface area contributed by atoms with Gasteiger partial charge in [0.15, 0.2) is 0 Å². The van der Waals surface area contributed by atoms with Gasteiger partial charge in [0.1, 0.15) is 12.2 Å². The van der Waals surface area contributed by atoms with Gasteiger partial charge in [-0.2, -0.15) is 18.3 Å². The van der Waals surface area contributed by atoms with Crippen molar-refractivity contribution in [3.05, 3.63) is 24.2 Å². The molecule has 0 spiro atoms. The van der Waals surface area contributed by atoms with Crippen LogP contribution in [0.15, 0.2) is 18.5 Å². The summed E-state index contributed by atoms with van der Waals surface area (Å²) in [4.78, 5) is 11.8. The third kappa shape index (κ3) is 4.23. The summed E-state index contributed by atoms with van der Waals surface area (Å²) in [5, 5.41) is 12.1. The zero-order valence-electron chi connectivity index (χ0n) is 10.9. The molecule has 10 heteroatoms. The highest BCUT2D eigenvalue weighted by Crippen LogP contribution is 2.18. The van der Waals surface area contributed by atoms with E-state index < -0.39 is 18.6 Å². The van der Waals surface area contributed by atoms with Crippen LogP contribution in [0.1, 0.15) is 17.4 Å². The van der Waals surface area contributed by atoms with E-state index in [2.05, 4.69) is 20.6 Å². The van der Waals surface area contributed by atoms with Crippen molar-refractivity contribution >= 4 is 11.6 Å². The number of aromatic nitrogens is 4. The molecule has 7 nitrogen and oxygen atoms in total. The molecule has 0 saturated carbocycles. The lowest BCUT2D eigenvalue weighted by atomic mass is 10.4. The normalized spacial score (nSPS) is 11.4. The molecule has 2 N–H and O–H groups in total. The number of carbonyl (C=O) groups excluding carboxylic acids is 1. The van der Waals surface area contributed by atoms with Crippen LogP contribution < -0.4 is 10.1 Å². The van der Waals surface area contributed by atoms with Gasteiger partial charge in [-0.25, -0.2) is 0 Å². The summed E-state index contributed by atoms with van der Waals surface area (Å²) in [6.45, 7) is 0.945. The van der Waals surface area contributed by atoms with E-state index in [0.717, 1.165) is 12.4 Å². The molecule has 0 aliphatic heterocycles. The maximum atomic E-state index is 12.2. The van der Waals surface area contributed by atoms with Crippen LogP contribution >= 0.6 is 0 Å². The first-order valence-electron chi connectivity index (χ1n) is 5.96. The van der Waals surface area contributed by atoms with Crippen molar-refractivity contribution in [3.8, 4) is 5.88 Å². The molecular weight excluding hydrogens is 291 g/mol. The van der Waals surface area contributed by atoms with Gasteiger partial charge in [-0.3, -0.25) is 14.6 Å². The van der Waals surface area contributed by atoms with Crippen molar-refractivity contribution in [3.63, 3.8) is 0 Å². The smallest absolute Gasteiger partial charge is 0.408 e. The number of halogens is 3. The quantitative estimate of drug-likeness (QED) is 0.882. The lowest BCUT2D eigenvalue weighted by Gasteiger charge is -2.05. The van der Waals surface area contributed by atoms with E-state index in [-0.39, 0.29) is 17.3 Å². The van der Waals surface area contributed by atoms with Crippen molar-refractivity contribution < 1.29 is 22.7 Å². The second-order valence-corrected chi connectivity index (χ2v) is 4.05. The lowest BCUT2D eigenvalue weighted by Crippen LogP contribution is -2.18. The molecule has 0 saturated heterocycles. The number of hydrogen-bond donors (Lipinski definition) is 2. The second kappa shape index (κ2) is 5.85. The molecule has 0 fully saturated rings. The Bertz CT molecular complexity index is 619. The van der Waals surface area contributed by atoms with Crippen LogP contribution in [-0.2, 0) is 6.54 Å². The van der Waals surface area contributed by atoms with Gasteiger partial charge in [-0.1, -0.05) is 0 Å². The summed E-state index contributed by atoms with van der Waals surface area (Å²) in [5.74, 6) is -0.296. The number of H-pyrrole nitrogens is 1. The molecular formula is C11H12F3N5O2. The standard InChI is InChI=1S/C11H12F3N5O2/c1-2-21-9-3-8(17-18-9)10(20)16-7-4-15-19(5-7)6-11(12,13)14/h3-5H,2,6H2,1H3,(H,16,20)(H,17,18). The van der Waals surface area contributed by atoms with Gasteiger partial charge in [0.05, 0.1) is 18.5 Å². The average molecular weight is 303 g/mol. The van der Waals surface area contributed by atoms with E-state index >= 15 is 0 Å². The van der Waals surface area contributed by atoms with Gasteiger partial charge in [0.2, 0.25) is 5.88 Å². The molecule has 0 bridgehead atoms. The number of alkyl halides is 3. The first-order chi connectivity index (χ1) is 9.87. The molecule has 2 rings (SSSR count). The predicted molar refractivity (Wildman–Crippen MR) is 66.0 cm³/mol. The Labute approximate surface area is 117 Å². The number of nitrogens with zero attached hydrogens (tertiary/aromatic N) is 3. The lowest BCUT2D eigenvalue weighted by molar-refractivity contribution is -0.142. The Kier molecular flexibility index (Phi) is 4.15. The van der Waals surface area contributed by atoms with Crippen molar-refractivity contribution in [1.29, 1.82) is 0 Å². The van der Waals surface area contributed by atoms with Crippen molar-refractivity contribution in [2.75, 3.05) is 11.9 Å². The predicted octanol–water partition coefficient (Wildman–Crippen LogP) is 1.82. The molecule has 2 aromatic heterocycles. The number of nitrogens with one attached hydrogen (secondary N) is 2. The summed E-state index contributed by atoms with van der Waals surface area (Å²) >= 11 is 0. The maximum Gasteiger partial charge on any atom is 0.408 e. The first-order valence-corrected chi connectivity index (χ1v) is 5.96. The van der Waals surface area contributed by atoms with Gasteiger partial charge >= 0.3 is 6.18 Å². The number of rotatable bonds is 5. The first kappa shape index (κ1) is 14.9. The third-order valence-corrected chi connectivity index (χ3v) is 2.32. The van der Waals surface area contributed by atoms with E-state index in [1.165, 1.54) is 6.07 Å². The van der Waals surface area contributed by atoms with Crippen molar-refractivity contribution in [1.82, 2.24) is 20.0 Å². The Morgan fingerprint density at radius 2 is 2.29 bits per heavy atom. The molecule has 21 heavy (non-hydrogen) atoms. The van der Waals surface area contributed by atoms with Crippen LogP contribution in [0.25, 0.3) is 0 Å². The highest BCUT2D eigenvalue weighted by Gasteiger charge is 2.28. The monoisotopic (exact) mass is 303 g/mol. The molecule has 0 unspecified atom stereocenters. The fraction of sp³-hybridized carbons (Fsp3) is 0.364. The van der Waals surface area contributed by atoms with Gasteiger partial charge in [-0.15, -0.1) is 5.10 Å². The van der Waals surface area contributed by atoms with Gasteiger partial charge in [-0.05, 0) is 6.92 Å². The fourth-order valence-corrected chi connectivity index (χ4v) is 1.54. The third-order valence-electron chi connectivity index (χ3n) is 2.32. The number of ether oxygens (including phenoxy) is 1. The summed E-state index contributed by atoms with van der Waals surface area (Å²) in [5.41, 5.74) is 0.277. The van der Waals surface area contributed by atoms with Crippen LogP contribution in [0.3, 0.4) is 0 Å². The zero-order valence-corrected chi connectivity index (χ0v) is 10.9. The Hall–Kier alpha value is -2.52.